The Morgan fingerprint density at radius 3 is 2.58 bits per heavy atom. The van der Waals surface area contributed by atoms with E-state index in [2.05, 4.69) is 37.8 Å². The molecule has 0 atom stereocenters. The first-order valence-corrected chi connectivity index (χ1v) is 6.94. The molecule has 2 nitrogen and oxygen atoms in total. The molecule has 0 saturated heterocycles. The molecule has 0 fully saturated rings. The third kappa shape index (κ3) is 2.93. The molecule has 0 N–H and O–H groups in total. The molecule has 1 aromatic carbocycles. The Morgan fingerprint density at radius 1 is 1.32 bits per heavy atom. The van der Waals surface area contributed by atoms with Gasteiger partial charge in [-0.2, -0.15) is 5.26 Å². The highest BCUT2D eigenvalue weighted by Gasteiger charge is 2.22. The van der Waals surface area contributed by atoms with E-state index in [-0.39, 0.29) is 5.41 Å². The van der Waals surface area contributed by atoms with Gasteiger partial charge in [-0.05, 0) is 24.0 Å². The topological polar surface area (TPSA) is 27.0 Å². The molecule has 100 valence electrons. The van der Waals surface area contributed by atoms with Gasteiger partial charge in [0.1, 0.15) is 6.07 Å². The minimum Gasteiger partial charge on any atom is -0.366 e. The molecule has 1 aliphatic heterocycles. The molecule has 1 heterocycles. The summed E-state index contributed by atoms with van der Waals surface area (Å²) in [6, 6.07) is 7.85. The zero-order chi connectivity index (χ0) is 14.0. The van der Waals surface area contributed by atoms with Crippen LogP contribution in [-0.2, 0) is 0 Å². The summed E-state index contributed by atoms with van der Waals surface area (Å²) in [4.78, 5) is 2.22. The Kier molecular flexibility index (Phi) is 3.87. The largest absolute Gasteiger partial charge is 0.366 e. The Balaban J connectivity index is 2.26. The van der Waals surface area contributed by atoms with Crippen LogP contribution < -0.4 is 4.90 Å². The number of benzene rings is 1. The monoisotopic (exact) mass is 274 g/mol. The summed E-state index contributed by atoms with van der Waals surface area (Å²) >= 11 is 6.09. The zero-order valence-electron chi connectivity index (χ0n) is 11.7. The first-order valence-electron chi connectivity index (χ1n) is 6.56. The predicted molar refractivity (Wildman–Crippen MR) is 80.5 cm³/mol. The molecular formula is C16H19ClN2. The van der Waals surface area contributed by atoms with E-state index in [0.717, 1.165) is 25.2 Å². The van der Waals surface area contributed by atoms with E-state index in [1.54, 1.807) is 6.07 Å². The van der Waals surface area contributed by atoms with Crippen molar-refractivity contribution in [3.8, 4) is 6.07 Å². The third-order valence-electron chi connectivity index (χ3n) is 3.62. The first kappa shape index (κ1) is 14.0. The van der Waals surface area contributed by atoms with Gasteiger partial charge in [0, 0.05) is 13.1 Å². The average molecular weight is 275 g/mol. The molecule has 0 radical (unpaired) electrons. The van der Waals surface area contributed by atoms with Gasteiger partial charge in [0.2, 0.25) is 0 Å². The van der Waals surface area contributed by atoms with E-state index in [1.165, 1.54) is 5.57 Å². The quantitative estimate of drug-likeness (QED) is 0.710. The van der Waals surface area contributed by atoms with Gasteiger partial charge in [-0.1, -0.05) is 50.1 Å². The van der Waals surface area contributed by atoms with Gasteiger partial charge in [-0.15, -0.1) is 0 Å². The second-order valence-corrected chi connectivity index (χ2v) is 6.33. The molecule has 1 aliphatic rings. The van der Waals surface area contributed by atoms with Crippen molar-refractivity contribution in [2.45, 2.75) is 27.2 Å². The SMILES string of the molecule is CC(C)(C)C1=CCN(c2cccc(Cl)c2C#N)CC1. The molecule has 0 spiro atoms. The maximum absolute atomic E-state index is 9.23. The van der Waals surface area contributed by atoms with Gasteiger partial charge in [-0.3, -0.25) is 0 Å². The summed E-state index contributed by atoms with van der Waals surface area (Å²) in [5.41, 5.74) is 3.25. The standard InChI is InChI=1S/C16H19ClN2/c1-16(2,3)12-7-9-19(10-8-12)15-6-4-5-14(17)13(15)11-18/h4-7H,8-10H2,1-3H3. The molecule has 0 amide bonds. The summed E-state index contributed by atoms with van der Waals surface area (Å²) in [6.07, 6.45) is 3.33. The summed E-state index contributed by atoms with van der Waals surface area (Å²) in [7, 11) is 0. The van der Waals surface area contributed by atoms with Crippen LogP contribution in [0.2, 0.25) is 5.02 Å². The van der Waals surface area contributed by atoms with Crippen LogP contribution in [0.1, 0.15) is 32.8 Å². The van der Waals surface area contributed by atoms with Crippen molar-refractivity contribution in [3.05, 3.63) is 40.4 Å². The van der Waals surface area contributed by atoms with E-state index in [1.807, 2.05) is 12.1 Å². The predicted octanol–water partition coefficient (Wildman–Crippen LogP) is 4.39. The lowest BCUT2D eigenvalue weighted by Gasteiger charge is -2.33. The van der Waals surface area contributed by atoms with E-state index in [9.17, 15) is 5.26 Å². The van der Waals surface area contributed by atoms with Crippen LogP contribution in [-0.4, -0.2) is 13.1 Å². The van der Waals surface area contributed by atoms with E-state index < -0.39 is 0 Å². The Hall–Kier alpha value is -1.46. The smallest absolute Gasteiger partial charge is 0.103 e. The van der Waals surface area contributed by atoms with E-state index in [0.29, 0.717) is 10.6 Å². The Morgan fingerprint density at radius 2 is 2.05 bits per heavy atom. The molecule has 0 unspecified atom stereocenters. The van der Waals surface area contributed by atoms with E-state index in [4.69, 9.17) is 11.6 Å². The molecule has 2 rings (SSSR count). The molecule has 0 aliphatic carbocycles. The van der Waals surface area contributed by atoms with Crippen molar-refractivity contribution in [2.24, 2.45) is 5.41 Å². The van der Waals surface area contributed by atoms with Crippen molar-refractivity contribution in [1.82, 2.24) is 0 Å². The molecule has 1 aromatic rings. The summed E-state index contributed by atoms with van der Waals surface area (Å²) < 4.78 is 0. The highest BCUT2D eigenvalue weighted by molar-refractivity contribution is 6.32. The van der Waals surface area contributed by atoms with Gasteiger partial charge < -0.3 is 4.90 Å². The lowest BCUT2D eigenvalue weighted by atomic mass is 9.83. The van der Waals surface area contributed by atoms with Crippen molar-refractivity contribution in [1.29, 1.82) is 5.26 Å². The van der Waals surface area contributed by atoms with Crippen LogP contribution in [0.25, 0.3) is 0 Å². The van der Waals surface area contributed by atoms with Gasteiger partial charge in [0.15, 0.2) is 0 Å². The molecule has 19 heavy (non-hydrogen) atoms. The number of hydrogen-bond acceptors (Lipinski definition) is 2. The van der Waals surface area contributed by atoms with Crippen molar-refractivity contribution >= 4 is 17.3 Å². The fraction of sp³-hybridized carbons (Fsp3) is 0.438. The normalized spacial score (nSPS) is 15.9. The van der Waals surface area contributed by atoms with Crippen LogP contribution >= 0.6 is 11.6 Å². The fourth-order valence-corrected chi connectivity index (χ4v) is 2.67. The molecule has 0 saturated carbocycles. The lowest BCUT2D eigenvalue weighted by Crippen LogP contribution is -2.31. The Bertz CT molecular complexity index is 547. The molecular weight excluding hydrogens is 256 g/mol. The van der Waals surface area contributed by atoms with Crippen LogP contribution in [0.15, 0.2) is 29.8 Å². The lowest BCUT2D eigenvalue weighted by molar-refractivity contribution is 0.472. The third-order valence-corrected chi connectivity index (χ3v) is 3.93. The minimum atomic E-state index is 0.235. The molecule has 0 aromatic heterocycles. The van der Waals surface area contributed by atoms with Crippen LogP contribution in [0, 0.1) is 16.7 Å². The zero-order valence-corrected chi connectivity index (χ0v) is 12.5. The fourth-order valence-electron chi connectivity index (χ4n) is 2.46. The summed E-state index contributed by atoms with van der Waals surface area (Å²) in [6.45, 7) is 8.53. The van der Waals surface area contributed by atoms with Crippen molar-refractivity contribution < 1.29 is 0 Å². The molecule has 3 heteroatoms. The number of rotatable bonds is 1. The van der Waals surface area contributed by atoms with Crippen molar-refractivity contribution in [2.75, 3.05) is 18.0 Å². The second kappa shape index (κ2) is 5.27. The highest BCUT2D eigenvalue weighted by atomic mass is 35.5. The van der Waals surface area contributed by atoms with Crippen LogP contribution in [0.3, 0.4) is 0 Å². The van der Waals surface area contributed by atoms with Crippen molar-refractivity contribution in [3.63, 3.8) is 0 Å². The van der Waals surface area contributed by atoms with Crippen LogP contribution in [0.5, 0.6) is 0 Å². The number of nitrogens with zero attached hydrogens (tertiary/aromatic N) is 2. The number of halogens is 1. The number of nitriles is 1. The number of anilines is 1. The maximum Gasteiger partial charge on any atom is 0.103 e. The van der Waals surface area contributed by atoms with Gasteiger partial charge in [-0.25, -0.2) is 0 Å². The Labute approximate surface area is 120 Å². The summed E-state index contributed by atoms with van der Waals surface area (Å²) in [5.74, 6) is 0. The van der Waals surface area contributed by atoms with Crippen LogP contribution in [0.4, 0.5) is 5.69 Å². The van der Waals surface area contributed by atoms with E-state index >= 15 is 0 Å². The first-order chi connectivity index (χ1) is 8.93. The van der Waals surface area contributed by atoms with Gasteiger partial charge in [0.25, 0.3) is 0 Å². The summed E-state index contributed by atoms with van der Waals surface area (Å²) in [5, 5.41) is 9.77. The highest BCUT2D eigenvalue weighted by Crippen LogP contribution is 2.33. The molecule has 0 bridgehead atoms. The number of hydrogen-bond donors (Lipinski definition) is 0. The maximum atomic E-state index is 9.23. The minimum absolute atomic E-state index is 0.235. The van der Waals surface area contributed by atoms with Gasteiger partial charge >= 0.3 is 0 Å². The van der Waals surface area contributed by atoms with Gasteiger partial charge in [0.05, 0.1) is 16.3 Å². The second-order valence-electron chi connectivity index (χ2n) is 5.92. The average Bonchev–Trinajstić information content (AvgIpc) is 2.37.